The predicted octanol–water partition coefficient (Wildman–Crippen LogP) is 2.86. The number of halogens is 1. The summed E-state index contributed by atoms with van der Waals surface area (Å²) in [6.07, 6.45) is 1.48. The molecule has 18 heavy (non-hydrogen) atoms. The molecule has 0 aliphatic rings. The van der Waals surface area contributed by atoms with Gasteiger partial charge in [0.05, 0.1) is 0 Å². The summed E-state index contributed by atoms with van der Waals surface area (Å²) in [5.74, 6) is 0.826. The lowest BCUT2D eigenvalue weighted by molar-refractivity contribution is 0.411. The van der Waals surface area contributed by atoms with Crippen LogP contribution >= 0.6 is 11.6 Å². The van der Waals surface area contributed by atoms with Gasteiger partial charge in [-0.1, -0.05) is 11.6 Å². The van der Waals surface area contributed by atoms with Gasteiger partial charge in [0.1, 0.15) is 10.8 Å². The van der Waals surface area contributed by atoms with E-state index < -0.39 is 0 Å². The quantitative estimate of drug-likeness (QED) is 0.795. The molecule has 0 saturated heterocycles. The first-order valence-electron chi connectivity index (χ1n) is 5.20. The van der Waals surface area contributed by atoms with Crippen molar-refractivity contribution in [3.63, 3.8) is 0 Å². The highest BCUT2D eigenvalue weighted by molar-refractivity contribution is 6.34. The van der Waals surface area contributed by atoms with Gasteiger partial charge in [0, 0.05) is 31.1 Å². The molecule has 1 aromatic heterocycles. The number of hydrogen-bond donors (Lipinski definition) is 3. The van der Waals surface area contributed by atoms with Crippen LogP contribution in [0.3, 0.4) is 0 Å². The number of nitrogens with zero attached hydrogens (tertiary/aromatic N) is 1. The summed E-state index contributed by atoms with van der Waals surface area (Å²) >= 11 is 5.95. The van der Waals surface area contributed by atoms with Gasteiger partial charge in [0.15, 0.2) is 17.2 Å². The third-order valence-electron chi connectivity index (χ3n) is 2.35. The van der Waals surface area contributed by atoms with Crippen molar-refractivity contribution < 1.29 is 9.84 Å². The van der Waals surface area contributed by atoms with E-state index >= 15 is 0 Å². The summed E-state index contributed by atoms with van der Waals surface area (Å²) in [6, 6.07) is 6.53. The van der Waals surface area contributed by atoms with Gasteiger partial charge in [-0.25, -0.2) is 4.98 Å². The van der Waals surface area contributed by atoms with E-state index in [2.05, 4.69) is 10.3 Å². The number of phenolic OH excluding ortho intramolecular Hbond substituents is 1. The van der Waals surface area contributed by atoms with Gasteiger partial charge in [-0.3, -0.25) is 0 Å². The summed E-state index contributed by atoms with van der Waals surface area (Å²) < 4.78 is 5.49. The van der Waals surface area contributed by atoms with Crippen LogP contribution in [0.25, 0.3) is 0 Å². The van der Waals surface area contributed by atoms with Crippen LogP contribution in [0.5, 0.6) is 17.2 Å². The van der Waals surface area contributed by atoms with Crippen LogP contribution in [0, 0.1) is 0 Å². The zero-order valence-corrected chi connectivity index (χ0v) is 10.4. The van der Waals surface area contributed by atoms with E-state index in [1.165, 1.54) is 6.20 Å². The SMILES string of the molecule is CNc1ccc(Oc2ccnc(N)c2Cl)c(O)c1. The number of nitrogens with one attached hydrogen (secondary N) is 1. The van der Waals surface area contributed by atoms with Crippen molar-refractivity contribution in [3.05, 3.63) is 35.5 Å². The van der Waals surface area contributed by atoms with Crippen molar-refractivity contribution in [1.29, 1.82) is 0 Å². The van der Waals surface area contributed by atoms with Gasteiger partial charge in [-0.05, 0) is 12.1 Å². The maximum atomic E-state index is 9.79. The average Bonchev–Trinajstić information content (AvgIpc) is 2.37. The third kappa shape index (κ3) is 2.41. The number of aromatic nitrogens is 1. The number of benzene rings is 1. The lowest BCUT2D eigenvalue weighted by atomic mass is 10.3. The fraction of sp³-hybridized carbons (Fsp3) is 0.0833. The van der Waals surface area contributed by atoms with Crippen LogP contribution in [-0.2, 0) is 0 Å². The Labute approximate surface area is 109 Å². The Morgan fingerprint density at radius 3 is 2.78 bits per heavy atom. The predicted molar refractivity (Wildman–Crippen MR) is 71.4 cm³/mol. The molecular weight excluding hydrogens is 254 g/mol. The van der Waals surface area contributed by atoms with Crippen LogP contribution in [0.4, 0.5) is 11.5 Å². The van der Waals surface area contributed by atoms with Gasteiger partial charge in [0.2, 0.25) is 0 Å². The van der Waals surface area contributed by atoms with Crippen LogP contribution < -0.4 is 15.8 Å². The van der Waals surface area contributed by atoms with Gasteiger partial charge in [0.25, 0.3) is 0 Å². The van der Waals surface area contributed by atoms with Crippen LogP contribution in [0.1, 0.15) is 0 Å². The van der Waals surface area contributed by atoms with Crippen molar-refractivity contribution in [1.82, 2.24) is 4.98 Å². The Morgan fingerprint density at radius 2 is 2.11 bits per heavy atom. The summed E-state index contributed by atoms with van der Waals surface area (Å²) in [4.78, 5) is 3.82. The minimum absolute atomic E-state index is 0.00769. The first kappa shape index (κ1) is 12.3. The topological polar surface area (TPSA) is 80.4 Å². The minimum Gasteiger partial charge on any atom is -0.504 e. The number of nitrogens with two attached hydrogens (primary N) is 1. The Morgan fingerprint density at radius 1 is 1.33 bits per heavy atom. The first-order valence-corrected chi connectivity index (χ1v) is 5.58. The number of hydrogen-bond acceptors (Lipinski definition) is 5. The monoisotopic (exact) mass is 265 g/mol. The van der Waals surface area contributed by atoms with Crippen molar-refractivity contribution in [2.24, 2.45) is 0 Å². The van der Waals surface area contributed by atoms with Crippen molar-refractivity contribution in [2.45, 2.75) is 0 Å². The van der Waals surface area contributed by atoms with E-state index in [0.717, 1.165) is 5.69 Å². The molecule has 1 aromatic carbocycles. The average molecular weight is 266 g/mol. The molecule has 2 aromatic rings. The highest BCUT2D eigenvalue weighted by atomic mass is 35.5. The summed E-state index contributed by atoms with van der Waals surface area (Å²) in [7, 11) is 1.76. The lowest BCUT2D eigenvalue weighted by Crippen LogP contribution is -1.94. The molecule has 0 fully saturated rings. The molecule has 0 saturated carbocycles. The molecular formula is C12H12ClN3O2. The minimum atomic E-state index is 0.00769. The zero-order chi connectivity index (χ0) is 13.1. The number of anilines is 2. The Kier molecular flexibility index (Phi) is 3.43. The summed E-state index contributed by atoms with van der Waals surface area (Å²) in [6.45, 7) is 0. The Bertz CT molecular complexity index is 575. The first-order chi connectivity index (χ1) is 8.61. The molecule has 4 N–H and O–H groups in total. The number of ether oxygens (including phenoxy) is 1. The molecule has 6 heteroatoms. The van der Waals surface area contributed by atoms with Gasteiger partial charge in [-0.2, -0.15) is 0 Å². The van der Waals surface area contributed by atoms with Gasteiger partial charge in [-0.15, -0.1) is 0 Å². The second-order valence-electron chi connectivity index (χ2n) is 3.54. The summed E-state index contributed by atoms with van der Waals surface area (Å²) in [5, 5.41) is 12.9. The fourth-order valence-corrected chi connectivity index (χ4v) is 1.55. The highest BCUT2D eigenvalue weighted by Gasteiger charge is 2.10. The molecule has 0 spiro atoms. The second-order valence-corrected chi connectivity index (χ2v) is 3.92. The molecule has 2 rings (SSSR count). The molecule has 5 nitrogen and oxygen atoms in total. The smallest absolute Gasteiger partial charge is 0.169 e. The number of aromatic hydroxyl groups is 1. The van der Waals surface area contributed by atoms with Gasteiger partial charge < -0.3 is 20.9 Å². The fourth-order valence-electron chi connectivity index (χ4n) is 1.40. The maximum Gasteiger partial charge on any atom is 0.169 e. The molecule has 1 heterocycles. The lowest BCUT2D eigenvalue weighted by Gasteiger charge is -2.10. The number of rotatable bonds is 3. The van der Waals surface area contributed by atoms with E-state index in [9.17, 15) is 5.11 Å². The largest absolute Gasteiger partial charge is 0.504 e. The molecule has 0 unspecified atom stereocenters. The number of pyridine rings is 1. The third-order valence-corrected chi connectivity index (χ3v) is 2.73. The van der Waals surface area contributed by atoms with E-state index in [1.807, 2.05) is 0 Å². The standard InChI is InChI=1S/C12H12ClN3O2/c1-15-7-2-3-9(8(17)6-7)18-10-4-5-16-12(14)11(10)13/h2-6,15,17H,1H3,(H2,14,16). The van der Waals surface area contributed by atoms with E-state index in [0.29, 0.717) is 11.5 Å². The van der Waals surface area contributed by atoms with Gasteiger partial charge >= 0.3 is 0 Å². The van der Waals surface area contributed by atoms with Crippen LogP contribution in [0.2, 0.25) is 5.02 Å². The Hall–Kier alpha value is -2.14. The summed E-state index contributed by atoms with van der Waals surface area (Å²) in [5.41, 5.74) is 6.34. The number of phenols is 1. The molecule has 0 amide bonds. The molecule has 0 bridgehead atoms. The normalized spacial score (nSPS) is 10.1. The highest BCUT2D eigenvalue weighted by Crippen LogP contribution is 2.37. The molecule has 0 atom stereocenters. The van der Waals surface area contributed by atoms with Crippen molar-refractivity contribution >= 4 is 23.1 Å². The molecule has 94 valence electrons. The number of nitrogen functional groups attached to an aromatic ring is 1. The molecule has 0 aliphatic heterocycles. The van der Waals surface area contributed by atoms with Crippen molar-refractivity contribution in [3.8, 4) is 17.2 Å². The molecule has 0 aliphatic carbocycles. The zero-order valence-electron chi connectivity index (χ0n) is 9.64. The van der Waals surface area contributed by atoms with E-state index in [1.54, 1.807) is 31.3 Å². The van der Waals surface area contributed by atoms with E-state index in [-0.39, 0.29) is 16.6 Å². The second kappa shape index (κ2) is 5.01. The van der Waals surface area contributed by atoms with E-state index in [4.69, 9.17) is 22.1 Å². The maximum absolute atomic E-state index is 9.79. The van der Waals surface area contributed by atoms with Crippen molar-refractivity contribution in [2.75, 3.05) is 18.1 Å². The van der Waals surface area contributed by atoms with Crippen LogP contribution in [0.15, 0.2) is 30.5 Å². The molecule has 0 radical (unpaired) electrons. The Balaban J connectivity index is 2.31. The van der Waals surface area contributed by atoms with Crippen LogP contribution in [-0.4, -0.2) is 17.1 Å².